The number of nitrogens with zero attached hydrogens (tertiary/aromatic N) is 3. The molecule has 1 amide bonds. The number of carbonyl (C=O) groups excluding carboxylic acids is 1. The second-order valence-corrected chi connectivity index (χ2v) is 9.32. The van der Waals surface area contributed by atoms with E-state index < -0.39 is 11.8 Å². The molecule has 33 heavy (non-hydrogen) atoms. The number of carboxylic acids is 1. The number of amides is 1. The van der Waals surface area contributed by atoms with Gasteiger partial charge in [-0.2, -0.15) is 0 Å². The van der Waals surface area contributed by atoms with Gasteiger partial charge in [0.25, 0.3) is 5.91 Å². The highest BCUT2D eigenvalue weighted by atomic mass is 19.1. The molecule has 1 aliphatic heterocycles. The third kappa shape index (κ3) is 5.53. The van der Waals surface area contributed by atoms with Crippen LogP contribution in [0.2, 0.25) is 0 Å². The van der Waals surface area contributed by atoms with E-state index >= 15 is 0 Å². The molecule has 2 aromatic carbocycles. The molecule has 1 saturated heterocycles. The molecule has 0 spiro atoms. The maximum Gasteiger partial charge on any atom is 0.335 e. The quantitative estimate of drug-likeness (QED) is 0.635. The molecule has 1 aliphatic rings. The average molecular weight is 456 g/mol. The van der Waals surface area contributed by atoms with Crippen LogP contribution in [-0.4, -0.2) is 65.0 Å². The molecule has 0 unspecified atom stereocenters. The molecule has 3 rings (SSSR count). The summed E-state index contributed by atoms with van der Waals surface area (Å²) >= 11 is 0. The molecule has 6 nitrogen and oxygen atoms in total. The lowest BCUT2D eigenvalue weighted by Gasteiger charge is -2.39. The van der Waals surface area contributed by atoms with Gasteiger partial charge in [-0.3, -0.25) is 4.79 Å². The first-order valence-corrected chi connectivity index (χ1v) is 11.5. The van der Waals surface area contributed by atoms with Gasteiger partial charge in [-0.05, 0) is 103 Å². The van der Waals surface area contributed by atoms with Gasteiger partial charge < -0.3 is 19.8 Å². The molecule has 178 valence electrons. The Kier molecular flexibility index (Phi) is 7.74. The highest BCUT2D eigenvalue weighted by molar-refractivity contribution is 5.95. The fourth-order valence-corrected chi connectivity index (χ4v) is 4.61. The number of hydrogen-bond donors (Lipinski definition) is 1. The van der Waals surface area contributed by atoms with E-state index in [-0.39, 0.29) is 35.3 Å². The van der Waals surface area contributed by atoms with Crippen molar-refractivity contribution in [3.8, 4) is 0 Å². The maximum absolute atomic E-state index is 15.0. The fourth-order valence-electron chi connectivity index (χ4n) is 4.61. The summed E-state index contributed by atoms with van der Waals surface area (Å²) in [6, 6.07) is 11.3. The van der Waals surface area contributed by atoms with Crippen LogP contribution in [0.15, 0.2) is 42.5 Å². The molecule has 1 fully saturated rings. The number of likely N-dealkylation sites (tertiary alicyclic amines) is 1. The summed E-state index contributed by atoms with van der Waals surface area (Å²) in [5.41, 5.74) is 1.60. The molecule has 0 atom stereocenters. The lowest BCUT2D eigenvalue weighted by atomic mass is 10.0. The van der Waals surface area contributed by atoms with Gasteiger partial charge in [0.2, 0.25) is 0 Å². The van der Waals surface area contributed by atoms with E-state index in [1.54, 1.807) is 12.1 Å². The monoisotopic (exact) mass is 455 g/mol. The van der Waals surface area contributed by atoms with Crippen LogP contribution >= 0.6 is 0 Å². The van der Waals surface area contributed by atoms with Crippen molar-refractivity contribution < 1.29 is 19.1 Å². The molecular weight excluding hydrogens is 421 g/mol. The van der Waals surface area contributed by atoms with Crippen molar-refractivity contribution in [3.05, 3.63) is 59.4 Å². The van der Waals surface area contributed by atoms with Crippen molar-refractivity contribution in [1.29, 1.82) is 0 Å². The molecule has 1 heterocycles. The van der Waals surface area contributed by atoms with Crippen LogP contribution in [0.3, 0.4) is 0 Å². The topological polar surface area (TPSA) is 64.1 Å². The van der Waals surface area contributed by atoms with Crippen molar-refractivity contribution in [2.24, 2.45) is 0 Å². The molecule has 7 heteroatoms. The third-order valence-electron chi connectivity index (χ3n) is 6.25. The lowest BCUT2D eigenvalue weighted by Crippen LogP contribution is -2.42. The fraction of sp³-hybridized carbons (Fsp3) is 0.462. The van der Waals surface area contributed by atoms with Crippen molar-refractivity contribution >= 4 is 23.3 Å². The Labute approximate surface area is 195 Å². The van der Waals surface area contributed by atoms with Crippen LogP contribution in [-0.2, 0) is 0 Å². The van der Waals surface area contributed by atoms with Gasteiger partial charge in [-0.25, -0.2) is 9.18 Å². The van der Waals surface area contributed by atoms with E-state index in [1.165, 1.54) is 18.2 Å². The first-order chi connectivity index (χ1) is 15.6. The largest absolute Gasteiger partial charge is 0.478 e. The standard InChI is InChI=1S/C26H34FN3O3/c1-17(2)29(18(3)4)25(31)19-6-9-21(10-7-19)30(22-12-14-28(5)15-13-22)24-16-20(26(32)33)8-11-23(24)27/h6-11,16-18,22H,12-15H2,1-5H3,(H,32,33). The average Bonchev–Trinajstić information content (AvgIpc) is 2.76. The lowest BCUT2D eigenvalue weighted by molar-refractivity contribution is 0.0642. The molecule has 0 bridgehead atoms. The Bertz CT molecular complexity index is 975. The third-order valence-corrected chi connectivity index (χ3v) is 6.25. The maximum atomic E-state index is 15.0. The number of piperidine rings is 1. The number of hydrogen-bond acceptors (Lipinski definition) is 4. The molecule has 1 N–H and O–H groups in total. The molecular formula is C26H34FN3O3. The van der Waals surface area contributed by atoms with Gasteiger partial charge in [0.1, 0.15) is 5.82 Å². The van der Waals surface area contributed by atoms with Gasteiger partial charge in [-0.1, -0.05) is 0 Å². The summed E-state index contributed by atoms with van der Waals surface area (Å²) in [5.74, 6) is -1.61. The van der Waals surface area contributed by atoms with Crippen molar-refractivity contribution in [3.63, 3.8) is 0 Å². The van der Waals surface area contributed by atoms with Crippen LogP contribution in [0.25, 0.3) is 0 Å². The molecule has 0 saturated carbocycles. The minimum Gasteiger partial charge on any atom is -0.478 e. The molecule has 0 radical (unpaired) electrons. The highest BCUT2D eigenvalue weighted by Gasteiger charge is 2.28. The first kappa shape index (κ1) is 24.7. The number of carbonyl (C=O) groups is 2. The van der Waals surface area contributed by atoms with E-state index in [0.717, 1.165) is 31.6 Å². The zero-order valence-electron chi connectivity index (χ0n) is 20.1. The van der Waals surface area contributed by atoms with Crippen LogP contribution in [0, 0.1) is 5.82 Å². The zero-order chi connectivity index (χ0) is 24.3. The number of benzene rings is 2. The van der Waals surface area contributed by atoms with Crippen LogP contribution in [0.5, 0.6) is 0 Å². The number of carboxylic acid groups (broad SMARTS) is 1. The number of rotatable bonds is 7. The minimum absolute atomic E-state index is 0.0177. The smallest absolute Gasteiger partial charge is 0.335 e. The Hall–Kier alpha value is -2.93. The second-order valence-electron chi connectivity index (χ2n) is 9.32. The number of aromatic carboxylic acids is 1. The Morgan fingerprint density at radius 3 is 2.03 bits per heavy atom. The van der Waals surface area contributed by atoms with Gasteiger partial charge in [0, 0.05) is 29.4 Å². The van der Waals surface area contributed by atoms with Gasteiger partial charge in [0.05, 0.1) is 11.3 Å². The SMILES string of the molecule is CC(C)N(C(=O)c1ccc(N(c2cc(C(=O)O)ccc2F)C2CCN(C)CC2)cc1)C(C)C. The Morgan fingerprint density at radius 1 is 0.970 bits per heavy atom. The molecule has 2 aromatic rings. The van der Waals surface area contributed by atoms with Gasteiger partial charge >= 0.3 is 5.97 Å². The first-order valence-electron chi connectivity index (χ1n) is 11.5. The predicted octanol–water partition coefficient (Wildman–Crippen LogP) is 5.02. The van der Waals surface area contributed by atoms with Crippen LogP contribution in [0.1, 0.15) is 61.3 Å². The Morgan fingerprint density at radius 2 is 1.52 bits per heavy atom. The highest BCUT2D eigenvalue weighted by Crippen LogP contribution is 2.35. The van der Waals surface area contributed by atoms with Gasteiger partial charge in [-0.15, -0.1) is 0 Å². The van der Waals surface area contributed by atoms with E-state index in [0.29, 0.717) is 5.56 Å². The van der Waals surface area contributed by atoms with E-state index in [1.807, 2.05) is 49.6 Å². The summed E-state index contributed by atoms with van der Waals surface area (Å²) in [4.78, 5) is 30.6. The van der Waals surface area contributed by atoms with E-state index in [9.17, 15) is 19.1 Å². The van der Waals surface area contributed by atoms with Crippen molar-refractivity contribution in [2.45, 2.75) is 58.7 Å². The van der Waals surface area contributed by atoms with Crippen molar-refractivity contribution in [2.75, 3.05) is 25.0 Å². The molecule has 0 aromatic heterocycles. The van der Waals surface area contributed by atoms with Gasteiger partial charge in [0.15, 0.2) is 0 Å². The minimum atomic E-state index is -1.09. The van der Waals surface area contributed by atoms with E-state index in [2.05, 4.69) is 11.9 Å². The summed E-state index contributed by atoms with van der Waals surface area (Å²) < 4.78 is 15.0. The number of halogens is 1. The van der Waals surface area contributed by atoms with Crippen molar-refractivity contribution in [1.82, 2.24) is 9.80 Å². The predicted molar refractivity (Wildman–Crippen MR) is 129 cm³/mol. The summed E-state index contributed by atoms with van der Waals surface area (Å²) in [6.07, 6.45) is 1.64. The van der Waals surface area contributed by atoms with Crippen LogP contribution in [0.4, 0.5) is 15.8 Å². The normalized spacial score (nSPS) is 15.2. The zero-order valence-corrected chi connectivity index (χ0v) is 20.1. The Balaban J connectivity index is 2.01. The van der Waals surface area contributed by atoms with E-state index in [4.69, 9.17) is 0 Å². The molecule has 0 aliphatic carbocycles. The summed E-state index contributed by atoms with van der Waals surface area (Å²) in [6.45, 7) is 9.71. The second kappa shape index (κ2) is 10.3. The summed E-state index contributed by atoms with van der Waals surface area (Å²) in [5, 5.41) is 9.45. The van der Waals surface area contributed by atoms with Crippen LogP contribution < -0.4 is 4.90 Å². The number of anilines is 2. The summed E-state index contributed by atoms with van der Waals surface area (Å²) in [7, 11) is 2.06.